The lowest BCUT2D eigenvalue weighted by Gasteiger charge is -2.29. The molecule has 1 aliphatic heterocycles. The second kappa shape index (κ2) is 2.59. The zero-order valence-electron chi connectivity index (χ0n) is 7.62. The molecular weight excluding hydrogens is 150 g/mol. The normalized spacial score (nSPS) is 28.6. The zero-order chi connectivity index (χ0) is 8.72. The number of nitrogens with two attached hydrogens (primary N) is 1. The third kappa shape index (κ3) is 0.966. The maximum atomic E-state index is 5.97. The summed E-state index contributed by atoms with van der Waals surface area (Å²) < 4.78 is 2.26. The number of aryl methyl sites for hydroxylation is 2. The van der Waals surface area contributed by atoms with Crippen molar-refractivity contribution in [2.75, 3.05) is 0 Å². The molecule has 3 nitrogen and oxygen atoms in total. The SMILES string of the molecule is Cc1cnc2n1C(C)C(N)CC2. The minimum atomic E-state index is 0.297. The van der Waals surface area contributed by atoms with Gasteiger partial charge in [-0.2, -0.15) is 0 Å². The zero-order valence-corrected chi connectivity index (χ0v) is 7.62. The van der Waals surface area contributed by atoms with E-state index in [1.54, 1.807) is 0 Å². The molecule has 2 atom stereocenters. The molecule has 12 heavy (non-hydrogen) atoms. The average molecular weight is 165 g/mol. The molecule has 3 heteroatoms. The van der Waals surface area contributed by atoms with E-state index in [9.17, 15) is 0 Å². The molecule has 0 spiro atoms. The van der Waals surface area contributed by atoms with Crippen molar-refractivity contribution >= 4 is 0 Å². The molecule has 2 rings (SSSR count). The van der Waals surface area contributed by atoms with Crippen LogP contribution in [0, 0.1) is 6.92 Å². The van der Waals surface area contributed by atoms with Gasteiger partial charge in [0.1, 0.15) is 5.82 Å². The van der Waals surface area contributed by atoms with Gasteiger partial charge in [0, 0.05) is 30.4 Å². The number of hydrogen-bond donors (Lipinski definition) is 1. The van der Waals surface area contributed by atoms with Crippen LogP contribution in [0.4, 0.5) is 0 Å². The third-order valence-corrected chi connectivity index (χ3v) is 2.79. The Kier molecular flexibility index (Phi) is 1.68. The Balaban J connectivity index is 2.45. The van der Waals surface area contributed by atoms with Gasteiger partial charge in [0.05, 0.1) is 0 Å². The van der Waals surface area contributed by atoms with E-state index in [0.717, 1.165) is 12.8 Å². The van der Waals surface area contributed by atoms with Gasteiger partial charge in [-0.25, -0.2) is 4.98 Å². The van der Waals surface area contributed by atoms with Crippen LogP contribution in [0.3, 0.4) is 0 Å². The van der Waals surface area contributed by atoms with E-state index >= 15 is 0 Å². The van der Waals surface area contributed by atoms with Crippen molar-refractivity contribution in [3.05, 3.63) is 17.7 Å². The Morgan fingerprint density at radius 1 is 1.67 bits per heavy atom. The molecule has 2 heterocycles. The van der Waals surface area contributed by atoms with Crippen LogP contribution in [0.5, 0.6) is 0 Å². The van der Waals surface area contributed by atoms with Crippen molar-refractivity contribution in [2.24, 2.45) is 5.73 Å². The van der Waals surface area contributed by atoms with E-state index < -0.39 is 0 Å². The van der Waals surface area contributed by atoms with Gasteiger partial charge >= 0.3 is 0 Å². The predicted molar refractivity (Wildman–Crippen MR) is 48.0 cm³/mol. The second-order valence-corrected chi connectivity index (χ2v) is 3.63. The van der Waals surface area contributed by atoms with Crippen molar-refractivity contribution in [3.8, 4) is 0 Å². The summed E-state index contributed by atoms with van der Waals surface area (Å²) in [5.41, 5.74) is 7.20. The molecular formula is C9H15N3. The van der Waals surface area contributed by atoms with E-state index in [2.05, 4.69) is 23.4 Å². The molecule has 0 saturated carbocycles. The van der Waals surface area contributed by atoms with E-state index in [1.165, 1.54) is 11.5 Å². The van der Waals surface area contributed by atoms with Crippen LogP contribution >= 0.6 is 0 Å². The number of imidazole rings is 1. The van der Waals surface area contributed by atoms with E-state index in [-0.39, 0.29) is 0 Å². The molecule has 66 valence electrons. The number of fused-ring (bicyclic) bond motifs is 1. The summed E-state index contributed by atoms with van der Waals surface area (Å²) in [5.74, 6) is 1.20. The fraction of sp³-hybridized carbons (Fsp3) is 0.667. The highest BCUT2D eigenvalue weighted by atomic mass is 15.1. The summed E-state index contributed by atoms with van der Waals surface area (Å²) in [7, 11) is 0. The first-order chi connectivity index (χ1) is 5.70. The second-order valence-electron chi connectivity index (χ2n) is 3.63. The monoisotopic (exact) mass is 165 g/mol. The van der Waals surface area contributed by atoms with Crippen LogP contribution < -0.4 is 5.73 Å². The molecule has 0 aromatic carbocycles. The van der Waals surface area contributed by atoms with Gasteiger partial charge in [-0.3, -0.25) is 0 Å². The van der Waals surface area contributed by atoms with Gasteiger partial charge in [0.2, 0.25) is 0 Å². The Morgan fingerprint density at radius 3 is 3.17 bits per heavy atom. The topological polar surface area (TPSA) is 43.8 Å². The highest BCUT2D eigenvalue weighted by Gasteiger charge is 2.24. The van der Waals surface area contributed by atoms with Crippen LogP contribution in [-0.2, 0) is 6.42 Å². The minimum absolute atomic E-state index is 0.297. The van der Waals surface area contributed by atoms with Gasteiger partial charge in [0.25, 0.3) is 0 Å². The van der Waals surface area contributed by atoms with Crippen LogP contribution in [-0.4, -0.2) is 15.6 Å². The van der Waals surface area contributed by atoms with Crippen LogP contribution in [0.2, 0.25) is 0 Å². The summed E-state index contributed by atoms with van der Waals surface area (Å²) in [6.45, 7) is 4.26. The van der Waals surface area contributed by atoms with Crippen molar-refractivity contribution in [1.82, 2.24) is 9.55 Å². The van der Waals surface area contributed by atoms with Crippen molar-refractivity contribution < 1.29 is 0 Å². The van der Waals surface area contributed by atoms with Gasteiger partial charge in [-0.15, -0.1) is 0 Å². The summed E-state index contributed by atoms with van der Waals surface area (Å²) >= 11 is 0. The molecule has 0 amide bonds. The minimum Gasteiger partial charge on any atom is -0.328 e. The lowest BCUT2D eigenvalue weighted by atomic mass is 10.0. The Bertz CT molecular complexity index is 290. The molecule has 0 radical (unpaired) electrons. The maximum absolute atomic E-state index is 5.97. The Labute approximate surface area is 72.6 Å². The number of hydrogen-bond acceptors (Lipinski definition) is 2. The van der Waals surface area contributed by atoms with Crippen molar-refractivity contribution in [2.45, 2.75) is 38.8 Å². The number of aromatic nitrogens is 2. The summed E-state index contributed by atoms with van der Waals surface area (Å²) in [6.07, 6.45) is 4.03. The molecule has 0 saturated heterocycles. The highest BCUT2D eigenvalue weighted by molar-refractivity contribution is 5.09. The lowest BCUT2D eigenvalue weighted by Crippen LogP contribution is -2.36. The molecule has 0 aliphatic carbocycles. The van der Waals surface area contributed by atoms with Crippen molar-refractivity contribution in [3.63, 3.8) is 0 Å². The first kappa shape index (κ1) is 7.80. The average Bonchev–Trinajstić information content (AvgIpc) is 2.41. The lowest BCUT2D eigenvalue weighted by molar-refractivity contribution is 0.363. The summed E-state index contributed by atoms with van der Waals surface area (Å²) in [4.78, 5) is 4.35. The van der Waals surface area contributed by atoms with Gasteiger partial charge in [-0.05, 0) is 20.3 Å². The number of rotatable bonds is 0. The molecule has 2 N–H and O–H groups in total. The van der Waals surface area contributed by atoms with Crippen LogP contribution in [0.1, 0.15) is 30.9 Å². The molecule has 1 aliphatic rings. The molecule has 1 aromatic rings. The van der Waals surface area contributed by atoms with Crippen LogP contribution in [0.25, 0.3) is 0 Å². The maximum Gasteiger partial charge on any atom is 0.109 e. The predicted octanol–water partition coefficient (Wildman–Crippen LogP) is 1.03. The standard InChI is InChI=1S/C9H15N3/c1-6-5-11-9-4-3-8(10)7(2)12(6)9/h5,7-8H,3-4,10H2,1-2H3. The quantitative estimate of drug-likeness (QED) is 0.624. The Morgan fingerprint density at radius 2 is 2.42 bits per heavy atom. The molecule has 0 fully saturated rings. The Hall–Kier alpha value is -0.830. The highest BCUT2D eigenvalue weighted by Crippen LogP contribution is 2.24. The van der Waals surface area contributed by atoms with Gasteiger partial charge in [0.15, 0.2) is 0 Å². The fourth-order valence-electron chi connectivity index (χ4n) is 1.97. The molecule has 1 aromatic heterocycles. The summed E-state index contributed by atoms with van der Waals surface area (Å²) in [5, 5.41) is 0. The smallest absolute Gasteiger partial charge is 0.109 e. The van der Waals surface area contributed by atoms with E-state index in [1.807, 2.05) is 6.20 Å². The van der Waals surface area contributed by atoms with E-state index in [4.69, 9.17) is 5.73 Å². The van der Waals surface area contributed by atoms with E-state index in [0.29, 0.717) is 12.1 Å². The fourth-order valence-corrected chi connectivity index (χ4v) is 1.97. The van der Waals surface area contributed by atoms with Gasteiger partial charge in [-0.1, -0.05) is 0 Å². The van der Waals surface area contributed by atoms with Crippen LogP contribution in [0.15, 0.2) is 6.20 Å². The van der Waals surface area contributed by atoms with Gasteiger partial charge < -0.3 is 10.3 Å². The van der Waals surface area contributed by atoms with Crippen molar-refractivity contribution in [1.29, 1.82) is 0 Å². The molecule has 2 unspecified atom stereocenters. The largest absolute Gasteiger partial charge is 0.328 e. The summed E-state index contributed by atoms with van der Waals surface area (Å²) in [6, 6.07) is 0.710. The number of nitrogens with zero attached hydrogens (tertiary/aromatic N) is 2. The molecule has 0 bridgehead atoms. The first-order valence-corrected chi connectivity index (χ1v) is 4.48. The third-order valence-electron chi connectivity index (χ3n) is 2.79. The first-order valence-electron chi connectivity index (χ1n) is 4.48.